The van der Waals surface area contributed by atoms with Gasteiger partial charge in [0.05, 0.1) is 0 Å². The van der Waals surface area contributed by atoms with E-state index < -0.39 is 6.36 Å². The van der Waals surface area contributed by atoms with Crippen LogP contribution >= 0.6 is 0 Å². The number of nitrogens with one attached hydrogen (secondary N) is 2. The Bertz CT molecular complexity index is 717. The molecule has 0 radical (unpaired) electrons. The maximum absolute atomic E-state index is 12.6. The van der Waals surface area contributed by atoms with Gasteiger partial charge in [-0.1, -0.05) is 18.2 Å². The zero-order chi connectivity index (χ0) is 20.1. The lowest BCUT2D eigenvalue weighted by molar-refractivity contribution is -0.274. The predicted molar refractivity (Wildman–Crippen MR) is 99.2 cm³/mol. The molecule has 2 atom stereocenters. The number of alkyl halides is 3. The summed E-state index contributed by atoms with van der Waals surface area (Å²) in [7, 11) is 0. The van der Waals surface area contributed by atoms with Gasteiger partial charge in [0, 0.05) is 31.6 Å². The highest BCUT2D eigenvalue weighted by Crippen LogP contribution is 2.45. The molecule has 1 saturated carbocycles. The standard InChI is InChI=1S/C19H25F3N4O2/c1-2-23-18(24-12-17(27)26-9-5-6-10-26)25-15-11-14(15)13-7-3-4-8-16(13)28-19(20,21)22/h3-4,7-8,14-15H,2,5-6,9-12H2,1H3,(H2,23,24,25). The molecule has 0 bridgehead atoms. The first-order valence-electron chi connectivity index (χ1n) is 9.54. The zero-order valence-electron chi connectivity index (χ0n) is 15.8. The molecule has 3 rings (SSSR count). The molecule has 1 aromatic carbocycles. The number of benzene rings is 1. The lowest BCUT2D eigenvalue weighted by atomic mass is 10.1. The number of likely N-dealkylation sites (tertiary alicyclic amines) is 1. The molecule has 0 spiro atoms. The predicted octanol–water partition coefficient (Wildman–Crippen LogP) is 2.62. The van der Waals surface area contributed by atoms with Crippen molar-refractivity contribution in [3.8, 4) is 5.75 Å². The molecular weight excluding hydrogens is 373 g/mol. The number of amides is 1. The molecule has 2 N–H and O–H groups in total. The first-order chi connectivity index (χ1) is 13.4. The van der Waals surface area contributed by atoms with E-state index in [9.17, 15) is 18.0 Å². The van der Waals surface area contributed by atoms with E-state index in [4.69, 9.17) is 0 Å². The Balaban J connectivity index is 1.60. The number of carbonyl (C=O) groups excluding carboxylic acids is 1. The molecule has 1 heterocycles. The minimum Gasteiger partial charge on any atom is -0.405 e. The Labute approximate surface area is 162 Å². The average molecular weight is 398 g/mol. The van der Waals surface area contributed by atoms with Gasteiger partial charge in [0.2, 0.25) is 5.91 Å². The van der Waals surface area contributed by atoms with Crippen molar-refractivity contribution in [1.29, 1.82) is 0 Å². The van der Waals surface area contributed by atoms with Crippen molar-refractivity contribution < 1.29 is 22.7 Å². The van der Waals surface area contributed by atoms with Crippen LogP contribution in [-0.2, 0) is 4.79 Å². The van der Waals surface area contributed by atoms with Gasteiger partial charge in [-0.2, -0.15) is 0 Å². The summed E-state index contributed by atoms with van der Waals surface area (Å²) in [6.07, 6.45) is -2.00. The Morgan fingerprint density at radius 1 is 1.29 bits per heavy atom. The number of halogens is 3. The van der Waals surface area contributed by atoms with Crippen LogP contribution in [0.15, 0.2) is 29.3 Å². The normalized spacial score (nSPS) is 22.1. The lowest BCUT2D eigenvalue weighted by Gasteiger charge is -2.16. The molecule has 2 fully saturated rings. The van der Waals surface area contributed by atoms with E-state index in [0.717, 1.165) is 25.9 Å². The highest BCUT2D eigenvalue weighted by atomic mass is 19.4. The summed E-state index contributed by atoms with van der Waals surface area (Å²) in [5.74, 6) is 0.217. The van der Waals surface area contributed by atoms with Gasteiger partial charge in [-0.15, -0.1) is 13.2 Å². The summed E-state index contributed by atoms with van der Waals surface area (Å²) in [5, 5.41) is 6.29. The molecule has 28 heavy (non-hydrogen) atoms. The Morgan fingerprint density at radius 3 is 2.68 bits per heavy atom. The maximum Gasteiger partial charge on any atom is 0.573 e. The van der Waals surface area contributed by atoms with Crippen LogP contribution in [0.1, 0.15) is 37.7 Å². The van der Waals surface area contributed by atoms with E-state index in [1.54, 1.807) is 17.0 Å². The SMILES string of the molecule is CCNC(=NCC(=O)N1CCCC1)NC1CC1c1ccccc1OC(F)(F)F. The summed E-state index contributed by atoms with van der Waals surface area (Å²) in [4.78, 5) is 18.3. The van der Waals surface area contributed by atoms with Gasteiger partial charge >= 0.3 is 6.36 Å². The lowest BCUT2D eigenvalue weighted by Crippen LogP contribution is -2.40. The Kier molecular flexibility index (Phi) is 6.31. The highest BCUT2D eigenvalue weighted by Gasteiger charge is 2.42. The van der Waals surface area contributed by atoms with Crippen LogP contribution in [0.4, 0.5) is 13.2 Å². The summed E-state index contributed by atoms with van der Waals surface area (Å²) in [6, 6.07) is 6.13. The van der Waals surface area contributed by atoms with Gasteiger partial charge in [0.25, 0.3) is 0 Å². The van der Waals surface area contributed by atoms with Crippen molar-refractivity contribution >= 4 is 11.9 Å². The van der Waals surface area contributed by atoms with Gasteiger partial charge in [-0.25, -0.2) is 4.99 Å². The summed E-state index contributed by atoms with van der Waals surface area (Å²) in [5.41, 5.74) is 0.515. The molecule has 154 valence electrons. The maximum atomic E-state index is 12.6. The van der Waals surface area contributed by atoms with E-state index in [2.05, 4.69) is 20.4 Å². The Morgan fingerprint density at radius 2 is 2.00 bits per heavy atom. The summed E-state index contributed by atoms with van der Waals surface area (Å²) >= 11 is 0. The molecule has 9 heteroatoms. The number of hydrogen-bond donors (Lipinski definition) is 2. The molecule has 2 unspecified atom stereocenters. The van der Waals surface area contributed by atoms with Crippen molar-refractivity contribution in [2.45, 2.75) is 44.5 Å². The van der Waals surface area contributed by atoms with Crippen molar-refractivity contribution in [2.75, 3.05) is 26.2 Å². The van der Waals surface area contributed by atoms with E-state index in [1.165, 1.54) is 12.1 Å². The number of guanidine groups is 1. The second kappa shape index (κ2) is 8.70. The molecule has 1 amide bonds. The zero-order valence-corrected chi connectivity index (χ0v) is 15.8. The first-order valence-corrected chi connectivity index (χ1v) is 9.54. The minimum absolute atomic E-state index is 0.00836. The monoisotopic (exact) mass is 398 g/mol. The van der Waals surface area contributed by atoms with Crippen LogP contribution in [0.5, 0.6) is 5.75 Å². The van der Waals surface area contributed by atoms with Crippen LogP contribution in [0.3, 0.4) is 0 Å². The minimum atomic E-state index is -4.72. The molecule has 1 aliphatic heterocycles. The number of aliphatic imine (C=N–C) groups is 1. The van der Waals surface area contributed by atoms with Gasteiger partial charge in [-0.3, -0.25) is 4.79 Å². The van der Waals surface area contributed by atoms with E-state index in [-0.39, 0.29) is 30.2 Å². The second-order valence-electron chi connectivity index (χ2n) is 6.96. The molecule has 0 aromatic heterocycles. The molecule has 1 aliphatic carbocycles. The fourth-order valence-electron chi connectivity index (χ4n) is 3.41. The number of hydrogen-bond acceptors (Lipinski definition) is 3. The number of nitrogens with zero attached hydrogens (tertiary/aromatic N) is 2. The fourth-order valence-corrected chi connectivity index (χ4v) is 3.41. The molecule has 2 aliphatic rings. The van der Waals surface area contributed by atoms with Crippen molar-refractivity contribution in [3.05, 3.63) is 29.8 Å². The number of rotatable bonds is 6. The topological polar surface area (TPSA) is 66.0 Å². The van der Waals surface area contributed by atoms with Crippen LogP contribution in [0.25, 0.3) is 0 Å². The summed E-state index contributed by atoms with van der Waals surface area (Å²) in [6.45, 7) is 4.14. The van der Waals surface area contributed by atoms with E-state index in [1.807, 2.05) is 6.92 Å². The molecular formula is C19H25F3N4O2. The van der Waals surface area contributed by atoms with Crippen LogP contribution in [0.2, 0.25) is 0 Å². The number of carbonyl (C=O) groups is 1. The van der Waals surface area contributed by atoms with Crippen molar-refractivity contribution in [1.82, 2.24) is 15.5 Å². The van der Waals surface area contributed by atoms with Gasteiger partial charge in [0.1, 0.15) is 12.3 Å². The third-order valence-electron chi connectivity index (χ3n) is 4.83. The smallest absolute Gasteiger partial charge is 0.405 e. The highest BCUT2D eigenvalue weighted by molar-refractivity contribution is 5.85. The third kappa shape index (κ3) is 5.53. The number of ether oxygens (including phenoxy) is 1. The molecule has 1 aromatic rings. The van der Waals surface area contributed by atoms with E-state index in [0.29, 0.717) is 24.5 Å². The Hall–Kier alpha value is -2.45. The van der Waals surface area contributed by atoms with Gasteiger partial charge in [0.15, 0.2) is 5.96 Å². The van der Waals surface area contributed by atoms with Gasteiger partial charge in [-0.05, 0) is 37.8 Å². The van der Waals surface area contributed by atoms with Crippen molar-refractivity contribution in [3.63, 3.8) is 0 Å². The third-order valence-corrected chi connectivity index (χ3v) is 4.83. The van der Waals surface area contributed by atoms with Gasteiger partial charge < -0.3 is 20.3 Å². The van der Waals surface area contributed by atoms with Crippen LogP contribution < -0.4 is 15.4 Å². The van der Waals surface area contributed by atoms with Crippen LogP contribution in [-0.4, -0.2) is 55.3 Å². The first kappa shape index (κ1) is 20.3. The van der Waals surface area contributed by atoms with E-state index >= 15 is 0 Å². The van der Waals surface area contributed by atoms with Crippen LogP contribution in [0, 0.1) is 0 Å². The quantitative estimate of drug-likeness (QED) is 0.571. The fraction of sp³-hybridized carbons (Fsp3) is 0.579. The largest absolute Gasteiger partial charge is 0.573 e. The molecule has 1 saturated heterocycles. The average Bonchev–Trinajstić information content (AvgIpc) is 3.16. The van der Waals surface area contributed by atoms with Crippen molar-refractivity contribution in [2.24, 2.45) is 4.99 Å². The number of para-hydroxylation sites is 1. The second-order valence-corrected chi connectivity index (χ2v) is 6.96. The summed E-state index contributed by atoms with van der Waals surface area (Å²) < 4.78 is 42.0. The molecule has 6 nitrogen and oxygen atoms in total.